The molecule has 0 aromatic carbocycles. The number of nitrogens with one attached hydrogen (secondary N) is 1. The summed E-state index contributed by atoms with van der Waals surface area (Å²) in [5.41, 5.74) is 0.297. The zero-order valence-electron chi connectivity index (χ0n) is 8.96. The van der Waals surface area contributed by atoms with Crippen LogP contribution < -0.4 is 5.32 Å². The lowest BCUT2D eigenvalue weighted by molar-refractivity contribution is 0.454. The Morgan fingerprint density at radius 2 is 2.29 bits per heavy atom. The molecule has 78 valence electrons. The van der Waals surface area contributed by atoms with Gasteiger partial charge in [-0.05, 0) is 32.4 Å². The van der Waals surface area contributed by atoms with Gasteiger partial charge in [-0.1, -0.05) is 6.92 Å². The van der Waals surface area contributed by atoms with Gasteiger partial charge in [0.1, 0.15) is 0 Å². The van der Waals surface area contributed by atoms with Gasteiger partial charge in [-0.25, -0.2) is 0 Å². The molecule has 1 atom stereocenters. The second kappa shape index (κ2) is 3.87. The molecule has 3 heteroatoms. The summed E-state index contributed by atoms with van der Waals surface area (Å²) in [4.78, 5) is 2.98. The number of aryl methyl sites for hydroxylation is 1. The van der Waals surface area contributed by atoms with Crippen molar-refractivity contribution in [1.29, 1.82) is 0 Å². The van der Waals surface area contributed by atoms with Crippen LogP contribution in [0.1, 0.15) is 35.9 Å². The molecule has 2 heterocycles. The van der Waals surface area contributed by atoms with Crippen molar-refractivity contribution in [2.24, 2.45) is 0 Å². The molecule has 14 heavy (non-hydrogen) atoms. The number of thiophene rings is 1. The topological polar surface area (TPSA) is 12.0 Å². The molecule has 0 bridgehead atoms. The molecule has 1 aromatic rings. The van der Waals surface area contributed by atoms with E-state index in [1.807, 2.05) is 23.1 Å². The molecule has 0 aliphatic carbocycles. The van der Waals surface area contributed by atoms with Crippen LogP contribution >= 0.6 is 23.1 Å². The van der Waals surface area contributed by atoms with E-state index in [-0.39, 0.29) is 0 Å². The Hall–Kier alpha value is 0.01000. The van der Waals surface area contributed by atoms with Crippen LogP contribution in [0.2, 0.25) is 0 Å². The van der Waals surface area contributed by atoms with Crippen LogP contribution in [0.3, 0.4) is 0 Å². The van der Waals surface area contributed by atoms with Crippen molar-refractivity contribution >= 4 is 23.1 Å². The molecular formula is C11H17NS2. The molecule has 0 amide bonds. The third-order valence-corrected chi connectivity index (χ3v) is 5.46. The molecule has 1 aliphatic heterocycles. The molecule has 1 saturated heterocycles. The molecule has 1 nitrogen and oxygen atoms in total. The maximum atomic E-state index is 3.66. The summed E-state index contributed by atoms with van der Waals surface area (Å²) >= 11 is 3.97. The molecule has 1 N–H and O–H groups in total. The Bertz CT molecular complexity index is 317. The minimum atomic E-state index is 0.297. The first-order valence-corrected chi connectivity index (χ1v) is 6.95. The lowest BCUT2D eigenvalue weighted by Crippen LogP contribution is -2.35. The fourth-order valence-corrected chi connectivity index (χ4v) is 4.15. The minimum Gasteiger partial charge on any atom is -0.295 e. The van der Waals surface area contributed by atoms with E-state index in [1.165, 1.54) is 15.5 Å². The lowest BCUT2D eigenvalue weighted by atomic mass is 10.1. The standard InChI is InChI=1S/C11H17NS2/c1-4-8-5-6-9(14-8)10-12-11(2,3)7-13-10/h5-6,10,12H,4,7H2,1-3H3. The van der Waals surface area contributed by atoms with Crippen molar-refractivity contribution in [3.63, 3.8) is 0 Å². The highest BCUT2D eigenvalue weighted by Crippen LogP contribution is 2.39. The summed E-state index contributed by atoms with van der Waals surface area (Å²) in [5.74, 6) is 1.21. The number of hydrogen-bond acceptors (Lipinski definition) is 3. The van der Waals surface area contributed by atoms with Gasteiger partial charge < -0.3 is 0 Å². The van der Waals surface area contributed by atoms with Crippen molar-refractivity contribution in [3.8, 4) is 0 Å². The van der Waals surface area contributed by atoms with Crippen molar-refractivity contribution < 1.29 is 0 Å². The zero-order valence-corrected chi connectivity index (χ0v) is 10.6. The molecule has 2 rings (SSSR count). The molecule has 0 saturated carbocycles. The van der Waals surface area contributed by atoms with E-state index < -0.39 is 0 Å². The SMILES string of the molecule is CCc1ccc(C2NC(C)(C)CS2)s1. The second-order valence-electron chi connectivity index (χ2n) is 4.38. The van der Waals surface area contributed by atoms with Gasteiger partial charge in [0.25, 0.3) is 0 Å². The van der Waals surface area contributed by atoms with Crippen molar-refractivity contribution in [1.82, 2.24) is 5.32 Å². The predicted molar refractivity (Wildman–Crippen MR) is 66.1 cm³/mol. The van der Waals surface area contributed by atoms with Gasteiger partial charge >= 0.3 is 0 Å². The Labute approximate surface area is 94.3 Å². The molecule has 0 radical (unpaired) electrons. The maximum absolute atomic E-state index is 3.66. The third-order valence-electron chi connectivity index (χ3n) is 2.42. The molecule has 1 aromatic heterocycles. The summed E-state index contributed by atoms with van der Waals surface area (Å²) in [6.45, 7) is 6.76. The van der Waals surface area contributed by atoms with E-state index in [4.69, 9.17) is 0 Å². The Kier molecular flexibility index (Phi) is 2.91. The van der Waals surface area contributed by atoms with Crippen molar-refractivity contribution in [2.45, 2.75) is 38.1 Å². The highest BCUT2D eigenvalue weighted by molar-refractivity contribution is 7.99. The van der Waals surface area contributed by atoms with Crippen LogP contribution in [0.25, 0.3) is 0 Å². The van der Waals surface area contributed by atoms with Crippen LogP contribution in [0, 0.1) is 0 Å². The van der Waals surface area contributed by atoms with Crippen LogP contribution in [-0.4, -0.2) is 11.3 Å². The van der Waals surface area contributed by atoms with E-state index in [0.29, 0.717) is 10.9 Å². The zero-order chi connectivity index (χ0) is 10.2. The van der Waals surface area contributed by atoms with Gasteiger partial charge in [-0.15, -0.1) is 23.1 Å². The predicted octanol–water partition coefficient (Wildman–Crippen LogP) is 3.42. The van der Waals surface area contributed by atoms with E-state index in [2.05, 4.69) is 38.2 Å². The monoisotopic (exact) mass is 227 g/mol. The van der Waals surface area contributed by atoms with E-state index in [1.54, 1.807) is 0 Å². The summed E-state index contributed by atoms with van der Waals surface area (Å²) in [6.07, 6.45) is 1.16. The molecule has 0 spiro atoms. The average molecular weight is 227 g/mol. The smallest absolute Gasteiger partial charge is 0.0887 e. The number of thioether (sulfide) groups is 1. The Morgan fingerprint density at radius 1 is 1.50 bits per heavy atom. The van der Waals surface area contributed by atoms with E-state index in [0.717, 1.165) is 6.42 Å². The second-order valence-corrected chi connectivity index (χ2v) is 6.67. The Balaban J connectivity index is 2.09. The summed E-state index contributed by atoms with van der Waals surface area (Å²) in [6, 6.07) is 4.53. The highest BCUT2D eigenvalue weighted by Gasteiger charge is 2.31. The minimum absolute atomic E-state index is 0.297. The summed E-state index contributed by atoms with van der Waals surface area (Å²) < 4.78 is 0. The van der Waals surface area contributed by atoms with Crippen molar-refractivity contribution in [3.05, 3.63) is 21.9 Å². The molecule has 1 fully saturated rings. The molecule has 1 unspecified atom stereocenters. The average Bonchev–Trinajstić information content (AvgIpc) is 2.70. The summed E-state index contributed by atoms with van der Waals surface area (Å²) in [7, 11) is 0. The van der Waals surface area contributed by atoms with Gasteiger partial charge in [-0.2, -0.15) is 0 Å². The molecular weight excluding hydrogens is 210 g/mol. The van der Waals surface area contributed by atoms with Crippen LogP contribution in [0.15, 0.2) is 12.1 Å². The quantitative estimate of drug-likeness (QED) is 0.831. The third kappa shape index (κ3) is 2.15. The van der Waals surface area contributed by atoms with Crippen molar-refractivity contribution in [2.75, 3.05) is 5.75 Å². The Morgan fingerprint density at radius 3 is 2.79 bits per heavy atom. The van der Waals surface area contributed by atoms with Gasteiger partial charge in [-0.3, -0.25) is 5.32 Å². The van der Waals surface area contributed by atoms with E-state index >= 15 is 0 Å². The van der Waals surface area contributed by atoms with Gasteiger partial charge in [0.2, 0.25) is 0 Å². The first kappa shape index (κ1) is 10.5. The van der Waals surface area contributed by atoms with Gasteiger partial charge in [0.05, 0.1) is 5.37 Å². The normalized spacial score (nSPS) is 25.5. The fourth-order valence-electron chi connectivity index (χ4n) is 1.61. The van der Waals surface area contributed by atoms with Crippen LogP contribution in [0.5, 0.6) is 0 Å². The highest BCUT2D eigenvalue weighted by atomic mass is 32.2. The fraction of sp³-hybridized carbons (Fsp3) is 0.636. The number of rotatable bonds is 2. The maximum Gasteiger partial charge on any atom is 0.0887 e. The van der Waals surface area contributed by atoms with E-state index in [9.17, 15) is 0 Å². The van der Waals surface area contributed by atoms with Gasteiger partial charge in [0, 0.05) is 21.0 Å². The first-order chi connectivity index (χ1) is 6.61. The first-order valence-electron chi connectivity index (χ1n) is 5.08. The largest absolute Gasteiger partial charge is 0.295 e. The summed E-state index contributed by atoms with van der Waals surface area (Å²) in [5, 5.41) is 4.18. The van der Waals surface area contributed by atoms with Crippen LogP contribution in [0.4, 0.5) is 0 Å². The lowest BCUT2D eigenvalue weighted by Gasteiger charge is -2.17. The number of hydrogen-bond donors (Lipinski definition) is 1. The van der Waals surface area contributed by atoms with Crippen LogP contribution in [-0.2, 0) is 6.42 Å². The molecule has 1 aliphatic rings. The van der Waals surface area contributed by atoms with Gasteiger partial charge in [0.15, 0.2) is 0 Å².